The van der Waals surface area contributed by atoms with E-state index in [0.717, 1.165) is 73.6 Å². The Kier molecular flexibility index (Phi) is 10.7. The van der Waals surface area contributed by atoms with Crippen LogP contribution in [0.1, 0.15) is 87.5 Å². The molecule has 2 amide bonds. The number of benzene rings is 1. The fraction of sp³-hybridized carbons (Fsp3) is 0.667. The molecule has 0 aliphatic carbocycles. The van der Waals surface area contributed by atoms with Crippen molar-refractivity contribution in [1.82, 2.24) is 0 Å². The molecule has 1 aromatic carbocycles. The summed E-state index contributed by atoms with van der Waals surface area (Å²) >= 11 is 0. The summed E-state index contributed by atoms with van der Waals surface area (Å²) < 4.78 is 0. The molecular formula is C24H38N2O4-2. The third-order valence-electron chi connectivity index (χ3n) is 6.00. The summed E-state index contributed by atoms with van der Waals surface area (Å²) in [6, 6.07) is 0. The summed E-state index contributed by atoms with van der Waals surface area (Å²) in [6.45, 7) is 12.4. The zero-order valence-electron chi connectivity index (χ0n) is 19.6. The minimum absolute atomic E-state index is 0.378. The lowest BCUT2D eigenvalue weighted by molar-refractivity contribution is -0.247. The lowest BCUT2D eigenvalue weighted by Gasteiger charge is -2.35. The van der Waals surface area contributed by atoms with Crippen molar-refractivity contribution in [3.63, 3.8) is 0 Å². The number of unbranched alkanes of at least 4 members (excludes halogenated alkanes) is 6. The van der Waals surface area contributed by atoms with Gasteiger partial charge in [-0.15, -0.1) is 0 Å². The van der Waals surface area contributed by atoms with Gasteiger partial charge in [0, 0.05) is 24.5 Å². The van der Waals surface area contributed by atoms with Crippen LogP contribution in [0.15, 0.2) is 0 Å². The topological polar surface area (TPSA) is 86.7 Å². The van der Waals surface area contributed by atoms with Gasteiger partial charge in [-0.25, -0.2) is 0 Å². The molecule has 0 unspecified atom stereocenters. The van der Waals surface area contributed by atoms with Gasteiger partial charge in [0.25, 0.3) is 0 Å². The normalized spacial score (nSPS) is 10.9. The zero-order valence-corrected chi connectivity index (χ0v) is 19.6. The predicted molar refractivity (Wildman–Crippen MR) is 119 cm³/mol. The summed E-state index contributed by atoms with van der Waals surface area (Å²) in [5, 5.41) is 23.8. The van der Waals surface area contributed by atoms with Crippen molar-refractivity contribution in [2.24, 2.45) is 0 Å². The maximum absolute atomic E-state index is 11.9. The van der Waals surface area contributed by atoms with Crippen LogP contribution in [0.2, 0.25) is 0 Å². The van der Waals surface area contributed by atoms with Crippen molar-refractivity contribution >= 4 is 23.6 Å². The van der Waals surface area contributed by atoms with Crippen molar-refractivity contribution in [2.75, 3.05) is 22.9 Å². The Balaban J connectivity index is 3.34. The van der Waals surface area contributed by atoms with Crippen LogP contribution in [0.3, 0.4) is 0 Å². The minimum atomic E-state index is -1.22. The molecule has 0 aliphatic heterocycles. The molecule has 0 N–H and O–H groups in total. The number of hydrogen-bond acceptors (Lipinski definition) is 4. The van der Waals surface area contributed by atoms with Gasteiger partial charge >= 0.3 is 0 Å². The highest BCUT2D eigenvalue weighted by atomic mass is 16.4. The predicted octanol–water partition coefficient (Wildman–Crippen LogP) is 4.38. The monoisotopic (exact) mass is 418 g/mol. The summed E-state index contributed by atoms with van der Waals surface area (Å²) in [7, 11) is 0. The minimum Gasteiger partial charge on any atom is -0.530 e. The standard InChI is InChI=1S/C24H40N2O4/c1-7-9-11-13-15-25(23(27)28)21-17(3)19(5)22(20(6)18(21)4)26(24(29)30)16-14-12-10-8-2/h7-16H2,1-6H3,(H,27,28)(H,29,30)/p-2. The first-order valence-electron chi connectivity index (χ1n) is 11.3. The Hall–Kier alpha value is -2.24. The first kappa shape index (κ1) is 25.8. The fourth-order valence-electron chi connectivity index (χ4n) is 4.06. The summed E-state index contributed by atoms with van der Waals surface area (Å²) in [6.07, 6.45) is 5.30. The molecule has 0 fully saturated rings. The van der Waals surface area contributed by atoms with Gasteiger partial charge in [-0.1, -0.05) is 52.4 Å². The molecule has 1 rings (SSSR count). The number of carboxylic acid groups (broad SMARTS) is 2. The number of rotatable bonds is 12. The van der Waals surface area contributed by atoms with Crippen molar-refractivity contribution in [1.29, 1.82) is 0 Å². The number of carbonyl (C=O) groups is 2. The second-order valence-corrected chi connectivity index (χ2v) is 8.15. The van der Waals surface area contributed by atoms with Crippen LogP contribution < -0.4 is 20.0 Å². The summed E-state index contributed by atoms with van der Waals surface area (Å²) in [5.74, 6) is 0. The molecular weight excluding hydrogens is 380 g/mol. The van der Waals surface area contributed by atoms with E-state index in [1.807, 2.05) is 27.7 Å². The van der Waals surface area contributed by atoms with Crippen LogP contribution >= 0.6 is 0 Å². The van der Waals surface area contributed by atoms with E-state index in [0.29, 0.717) is 24.5 Å². The van der Waals surface area contributed by atoms with E-state index in [9.17, 15) is 19.8 Å². The van der Waals surface area contributed by atoms with E-state index < -0.39 is 12.2 Å². The molecule has 30 heavy (non-hydrogen) atoms. The highest BCUT2D eigenvalue weighted by Crippen LogP contribution is 2.38. The third kappa shape index (κ3) is 6.38. The summed E-state index contributed by atoms with van der Waals surface area (Å²) in [5.41, 5.74) is 4.32. The van der Waals surface area contributed by atoms with Crippen LogP contribution in [0.5, 0.6) is 0 Å². The van der Waals surface area contributed by atoms with Gasteiger partial charge in [-0.3, -0.25) is 0 Å². The molecule has 6 nitrogen and oxygen atoms in total. The second-order valence-electron chi connectivity index (χ2n) is 8.15. The number of hydrogen-bond donors (Lipinski definition) is 0. The van der Waals surface area contributed by atoms with E-state index in [-0.39, 0.29) is 0 Å². The smallest absolute Gasteiger partial charge is 0.141 e. The molecule has 170 valence electrons. The van der Waals surface area contributed by atoms with Gasteiger partial charge in [0.15, 0.2) is 0 Å². The molecule has 0 bridgehead atoms. The van der Waals surface area contributed by atoms with Crippen LogP contribution in [-0.2, 0) is 0 Å². The molecule has 0 saturated heterocycles. The number of carbonyl (C=O) groups excluding carboxylic acids is 2. The first-order valence-corrected chi connectivity index (χ1v) is 11.3. The Morgan fingerprint density at radius 1 is 0.600 bits per heavy atom. The molecule has 0 radical (unpaired) electrons. The largest absolute Gasteiger partial charge is 0.530 e. The van der Waals surface area contributed by atoms with Gasteiger partial charge in [-0.2, -0.15) is 0 Å². The molecule has 0 spiro atoms. The Bertz CT molecular complexity index is 640. The van der Waals surface area contributed by atoms with Gasteiger partial charge in [0.05, 0.1) is 0 Å². The fourth-order valence-corrected chi connectivity index (χ4v) is 4.06. The van der Waals surface area contributed by atoms with E-state index in [4.69, 9.17) is 0 Å². The Morgan fingerprint density at radius 3 is 1.13 bits per heavy atom. The average Bonchev–Trinajstić information content (AvgIpc) is 2.69. The lowest BCUT2D eigenvalue weighted by Crippen LogP contribution is -2.44. The maximum atomic E-state index is 11.9. The van der Waals surface area contributed by atoms with Crippen molar-refractivity contribution in [2.45, 2.75) is 92.9 Å². The number of nitrogens with zero attached hydrogens (tertiary/aromatic N) is 2. The van der Waals surface area contributed by atoms with Crippen molar-refractivity contribution < 1.29 is 19.8 Å². The van der Waals surface area contributed by atoms with Crippen LogP contribution in [0, 0.1) is 27.7 Å². The Labute approximate surface area is 181 Å². The highest BCUT2D eigenvalue weighted by molar-refractivity contribution is 5.93. The molecule has 1 aromatic rings. The molecule has 0 aliphatic rings. The third-order valence-corrected chi connectivity index (χ3v) is 6.00. The Morgan fingerprint density at radius 2 is 0.900 bits per heavy atom. The van der Waals surface area contributed by atoms with Gasteiger partial charge in [0.1, 0.15) is 12.2 Å². The van der Waals surface area contributed by atoms with Gasteiger partial charge < -0.3 is 29.6 Å². The number of amides is 2. The number of anilines is 2. The van der Waals surface area contributed by atoms with E-state index in [1.165, 1.54) is 9.80 Å². The van der Waals surface area contributed by atoms with E-state index in [2.05, 4.69) is 13.8 Å². The van der Waals surface area contributed by atoms with Gasteiger partial charge in [0.2, 0.25) is 0 Å². The maximum Gasteiger partial charge on any atom is 0.141 e. The van der Waals surface area contributed by atoms with Crippen molar-refractivity contribution in [3.05, 3.63) is 22.3 Å². The van der Waals surface area contributed by atoms with E-state index in [1.54, 1.807) is 0 Å². The van der Waals surface area contributed by atoms with Crippen LogP contribution in [0.4, 0.5) is 21.0 Å². The first-order chi connectivity index (χ1) is 14.2. The average molecular weight is 419 g/mol. The van der Waals surface area contributed by atoms with Crippen LogP contribution in [0.25, 0.3) is 0 Å². The molecule has 0 saturated carbocycles. The van der Waals surface area contributed by atoms with Gasteiger partial charge in [-0.05, 0) is 62.8 Å². The van der Waals surface area contributed by atoms with E-state index >= 15 is 0 Å². The van der Waals surface area contributed by atoms with Crippen LogP contribution in [-0.4, -0.2) is 25.3 Å². The second kappa shape index (κ2) is 12.5. The SMILES string of the molecule is CCCCCCN(C(=O)[O-])c1c(C)c(C)c(N(CCCCCC)C(=O)[O-])c(C)c1C. The quantitative estimate of drug-likeness (QED) is 0.471. The molecule has 0 aromatic heterocycles. The summed E-state index contributed by atoms with van der Waals surface area (Å²) in [4.78, 5) is 26.5. The molecule has 0 atom stereocenters. The van der Waals surface area contributed by atoms with Crippen molar-refractivity contribution in [3.8, 4) is 0 Å². The molecule has 6 heteroatoms. The highest BCUT2D eigenvalue weighted by Gasteiger charge is 2.23. The lowest BCUT2D eigenvalue weighted by atomic mass is 9.94. The molecule has 0 heterocycles. The zero-order chi connectivity index (χ0) is 22.8.